The highest BCUT2D eigenvalue weighted by molar-refractivity contribution is 8.24. The van der Waals surface area contributed by atoms with E-state index in [-0.39, 0.29) is 17.7 Å². The Morgan fingerprint density at radius 3 is 1.97 bits per heavy atom. The molecule has 1 N–H and O–H groups in total. The van der Waals surface area contributed by atoms with Gasteiger partial charge in [0.1, 0.15) is 10.4 Å². The summed E-state index contributed by atoms with van der Waals surface area (Å²) >= 11 is 7.12. The van der Waals surface area contributed by atoms with Crippen LogP contribution in [0, 0.1) is 0 Å². The van der Waals surface area contributed by atoms with Crippen LogP contribution in [0.15, 0.2) is 91.0 Å². The molecule has 0 aromatic heterocycles. The molecule has 4 nitrogen and oxygen atoms in total. The lowest BCUT2D eigenvalue weighted by molar-refractivity contribution is -0.130. The first-order valence-electron chi connectivity index (χ1n) is 11.4. The van der Waals surface area contributed by atoms with Crippen molar-refractivity contribution < 1.29 is 9.59 Å². The van der Waals surface area contributed by atoms with Crippen molar-refractivity contribution in [3.8, 4) is 0 Å². The van der Waals surface area contributed by atoms with Crippen LogP contribution in [0.5, 0.6) is 0 Å². The molecule has 1 heterocycles. The molecular weight excluding hydrogens is 460 g/mol. The molecule has 1 aliphatic heterocycles. The average Bonchev–Trinajstić information content (AvgIpc) is 2.85. The summed E-state index contributed by atoms with van der Waals surface area (Å²) in [5, 5.41) is 2.97. The molecule has 1 saturated heterocycles. The monoisotopic (exact) mass is 488 g/mol. The summed E-state index contributed by atoms with van der Waals surface area (Å²) in [4.78, 5) is 28.1. The van der Waals surface area contributed by atoms with Gasteiger partial charge in [0.15, 0.2) is 0 Å². The zero-order valence-electron chi connectivity index (χ0n) is 19.3. The minimum absolute atomic E-state index is 0.135. The molecule has 0 spiro atoms. The Balaban J connectivity index is 1.54. The number of thioether (sulfide) groups is 1. The van der Waals surface area contributed by atoms with Gasteiger partial charge in [-0.05, 0) is 43.5 Å². The third-order valence-electron chi connectivity index (χ3n) is 6.14. The van der Waals surface area contributed by atoms with Crippen LogP contribution in [-0.2, 0) is 4.79 Å². The molecule has 34 heavy (non-hydrogen) atoms. The Morgan fingerprint density at radius 2 is 1.44 bits per heavy atom. The van der Waals surface area contributed by atoms with Crippen LogP contribution in [0.3, 0.4) is 0 Å². The number of hydrogen-bond donors (Lipinski definition) is 1. The van der Waals surface area contributed by atoms with E-state index in [1.54, 1.807) is 17.0 Å². The number of nitrogens with one attached hydrogen (secondary N) is 1. The Bertz CT molecular complexity index is 1110. The van der Waals surface area contributed by atoms with Gasteiger partial charge in [0.2, 0.25) is 0 Å². The van der Waals surface area contributed by atoms with Crippen LogP contribution in [0.2, 0.25) is 0 Å². The molecule has 2 amide bonds. The fraction of sp³-hybridized carbons (Fsp3) is 0.250. The van der Waals surface area contributed by atoms with Crippen LogP contribution >= 0.6 is 24.0 Å². The Hall–Kier alpha value is -2.96. The van der Waals surface area contributed by atoms with E-state index in [1.807, 2.05) is 68.4 Å². The van der Waals surface area contributed by atoms with Gasteiger partial charge in [-0.2, -0.15) is 0 Å². The number of amides is 2. The third kappa shape index (κ3) is 5.40. The maximum atomic E-state index is 13.6. The molecule has 1 aliphatic rings. The summed E-state index contributed by atoms with van der Waals surface area (Å²) in [5.41, 5.74) is 2.93. The molecule has 3 aromatic carbocycles. The predicted octanol–water partition coefficient (Wildman–Crippen LogP) is 5.65. The van der Waals surface area contributed by atoms with E-state index in [1.165, 1.54) is 22.9 Å². The zero-order valence-corrected chi connectivity index (χ0v) is 20.9. The molecule has 0 aliphatic carbocycles. The van der Waals surface area contributed by atoms with Crippen molar-refractivity contribution in [1.29, 1.82) is 0 Å². The maximum absolute atomic E-state index is 13.6. The van der Waals surface area contributed by atoms with Gasteiger partial charge in [-0.3, -0.25) is 14.5 Å². The molecule has 3 aromatic rings. The summed E-state index contributed by atoms with van der Waals surface area (Å²) in [6.07, 6.45) is 0.722. The van der Waals surface area contributed by atoms with Crippen molar-refractivity contribution in [3.05, 3.63) is 108 Å². The average molecular weight is 489 g/mol. The first-order chi connectivity index (χ1) is 16.4. The van der Waals surface area contributed by atoms with Crippen molar-refractivity contribution in [2.45, 2.75) is 37.0 Å². The molecule has 1 fully saturated rings. The van der Waals surface area contributed by atoms with Gasteiger partial charge >= 0.3 is 0 Å². The number of carbonyl (C=O) groups excluding carboxylic acids is 2. The summed E-state index contributed by atoms with van der Waals surface area (Å²) in [6, 6.07) is 28.9. The SMILES string of the molecule is CC1(C)SC(=S)N(CCC(c2ccccc2)c2ccccc2)C(=O)C1NC(=O)c1ccccc1. The number of thiocarbonyl (C=S) groups is 1. The zero-order chi connectivity index (χ0) is 24.1. The van der Waals surface area contributed by atoms with Gasteiger partial charge in [-0.15, -0.1) is 0 Å². The molecule has 6 heteroatoms. The van der Waals surface area contributed by atoms with Crippen molar-refractivity contribution in [2.24, 2.45) is 0 Å². The maximum Gasteiger partial charge on any atom is 0.252 e. The molecular formula is C28H28N2O2S2. The topological polar surface area (TPSA) is 49.4 Å². The van der Waals surface area contributed by atoms with E-state index in [0.29, 0.717) is 16.4 Å². The Labute approximate surface area is 210 Å². The highest BCUT2D eigenvalue weighted by Crippen LogP contribution is 2.38. The molecule has 1 unspecified atom stereocenters. The number of rotatable bonds is 7. The van der Waals surface area contributed by atoms with Crippen LogP contribution in [0.25, 0.3) is 0 Å². The van der Waals surface area contributed by atoms with Crippen molar-refractivity contribution in [1.82, 2.24) is 10.2 Å². The molecule has 0 bridgehead atoms. The normalized spacial score (nSPS) is 17.6. The summed E-state index contributed by atoms with van der Waals surface area (Å²) in [7, 11) is 0. The highest BCUT2D eigenvalue weighted by atomic mass is 32.2. The fourth-order valence-corrected chi connectivity index (χ4v) is 6.12. The smallest absolute Gasteiger partial charge is 0.252 e. The number of nitrogens with zero attached hydrogens (tertiary/aromatic N) is 1. The van der Waals surface area contributed by atoms with E-state index in [9.17, 15) is 9.59 Å². The third-order valence-corrected chi connectivity index (χ3v) is 7.76. The Kier molecular flexibility index (Phi) is 7.49. The molecule has 0 radical (unpaired) electrons. The van der Waals surface area contributed by atoms with Gasteiger partial charge in [0, 0.05) is 22.8 Å². The minimum Gasteiger partial charge on any atom is -0.339 e. The van der Waals surface area contributed by atoms with E-state index in [0.717, 1.165) is 6.42 Å². The largest absolute Gasteiger partial charge is 0.339 e. The lowest BCUT2D eigenvalue weighted by Gasteiger charge is -2.43. The molecule has 4 rings (SSSR count). The predicted molar refractivity (Wildman–Crippen MR) is 143 cm³/mol. The minimum atomic E-state index is -0.677. The van der Waals surface area contributed by atoms with Gasteiger partial charge in [-0.25, -0.2) is 0 Å². The quantitative estimate of drug-likeness (QED) is 0.437. The van der Waals surface area contributed by atoms with Crippen LogP contribution in [0.1, 0.15) is 47.7 Å². The van der Waals surface area contributed by atoms with Crippen LogP contribution < -0.4 is 5.32 Å². The first kappa shape index (κ1) is 24.2. The van der Waals surface area contributed by atoms with Gasteiger partial charge in [-0.1, -0.05) is 103 Å². The highest BCUT2D eigenvalue weighted by Gasteiger charge is 2.46. The van der Waals surface area contributed by atoms with Gasteiger partial charge < -0.3 is 5.32 Å². The lowest BCUT2D eigenvalue weighted by atomic mass is 9.88. The Morgan fingerprint density at radius 1 is 0.941 bits per heavy atom. The van der Waals surface area contributed by atoms with Crippen LogP contribution in [-0.4, -0.2) is 38.4 Å². The van der Waals surface area contributed by atoms with Crippen molar-refractivity contribution in [3.63, 3.8) is 0 Å². The van der Waals surface area contributed by atoms with E-state index < -0.39 is 10.8 Å². The molecule has 1 atom stereocenters. The van der Waals surface area contributed by atoms with E-state index in [2.05, 4.69) is 29.6 Å². The van der Waals surface area contributed by atoms with Crippen molar-refractivity contribution >= 4 is 40.1 Å². The van der Waals surface area contributed by atoms with Gasteiger partial charge in [0.25, 0.3) is 11.8 Å². The summed E-state index contributed by atoms with van der Waals surface area (Å²) in [5.74, 6) is -0.278. The fourth-order valence-electron chi connectivity index (χ4n) is 4.28. The standard InChI is InChI=1S/C28H28N2O2S2/c1-28(2)24(29-25(31)22-16-10-5-11-17-22)26(32)30(27(33)34-28)19-18-23(20-12-6-3-7-13-20)21-14-8-4-9-15-21/h3-17,23-24H,18-19H2,1-2H3,(H,29,31). The number of hydrogen-bond acceptors (Lipinski definition) is 4. The second-order valence-corrected chi connectivity index (χ2v) is 11.2. The molecule has 174 valence electrons. The van der Waals surface area contributed by atoms with E-state index >= 15 is 0 Å². The van der Waals surface area contributed by atoms with Gasteiger partial charge in [0.05, 0.1) is 0 Å². The second-order valence-electron chi connectivity index (χ2n) is 8.90. The number of carbonyl (C=O) groups is 2. The van der Waals surface area contributed by atoms with Crippen LogP contribution in [0.4, 0.5) is 0 Å². The summed E-state index contributed by atoms with van der Waals surface area (Å²) in [6.45, 7) is 4.38. The first-order valence-corrected chi connectivity index (χ1v) is 12.6. The number of benzene rings is 3. The molecule has 0 saturated carbocycles. The summed E-state index contributed by atoms with van der Waals surface area (Å²) < 4.78 is 0.00739. The van der Waals surface area contributed by atoms with E-state index in [4.69, 9.17) is 12.2 Å². The lowest BCUT2D eigenvalue weighted by Crippen LogP contribution is -2.62. The van der Waals surface area contributed by atoms with Crippen molar-refractivity contribution in [2.75, 3.05) is 6.54 Å². The second kappa shape index (κ2) is 10.5.